The lowest BCUT2D eigenvalue weighted by Gasteiger charge is -2.10. The Morgan fingerprint density at radius 3 is 2.56 bits per heavy atom. The lowest BCUT2D eigenvalue weighted by atomic mass is 9.99. The monoisotopic (exact) mass is 357 g/mol. The van der Waals surface area contributed by atoms with Crippen LogP contribution in [0, 0.1) is 0 Å². The maximum absolute atomic E-state index is 12.7. The summed E-state index contributed by atoms with van der Waals surface area (Å²) >= 11 is 0. The molecule has 1 N–H and O–H groups in total. The molecule has 0 unspecified atom stereocenters. The van der Waals surface area contributed by atoms with E-state index < -0.39 is 0 Å². The van der Waals surface area contributed by atoms with Crippen molar-refractivity contribution in [2.45, 2.75) is 26.7 Å². The molecule has 3 rings (SSSR count). The van der Waals surface area contributed by atoms with Crippen LogP contribution in [0.25, 0.3) is 22.2 Å². The minimum Gasteiger partial charge on any atom is -0.267 e. The average Bonchev–Trinajstić information content (AvgIpc) is 2.70. The molecule has 0 aliphatic carbocycles. The lowest BCUT2D eigenvalue weighted by molar-refractivity contribution is 0.0957. The van der Waals surface area contributed by atoms with Gasteiger partial charge in [0.25, 0.3) is 5.91 Å². The van der Waals surface area contributed by atoms with Gasteiger partial charge in [0.05, 0.1) is 16.8 Å². The first-order valence-corrected chi connectivity index (χ1v) is 9.05. The Kier molecular flexibility index (Phi) is 5.77. The zero-order valence-electron chi connectivity index (χ0n) is 15.8. The molecule has 27 heavy (non-hydrogen) atoms. The molecule has 0 bridgehead atoms. The van der Waals surface area contributed by atoms with Crippen molar-refractivity contribution in [3.63, 3.8) is 0 Å². The van der Waals surface area contributed by atoms with E-state index in [9.17, 15) is 4.79 Å². The Balaban J connectivity index is 2.03. The van der Waals surface area contributed by atoms with E-state index in [-0.39, 0.29) is 5.91 Å². The standard InChI is InChI=1S/C23H23N3O/c1-4-5-14-24-26-23(27)20-15-22(25-21-9-7-6-8-19(20)21)18-12-10-17(11-13-18)16(2)3/h4-16H,1-3H3,(H,26,27)/b5-4+,24-14?. The Hall–Kier alpha value is -3.27. The topological polar surface area (TPSA) is 54.4 Å². The number of hydrogen-bond acceptors (Lipinski definition) is 3. The van der Waals surface area contributed by atoms with Gasteiger partial charge < -0.3 is 0 Å². The number of pyridine rings is 1. The van der Waals surface area contributed by atoms with Crippen molar-refractivity contribution >= 4 is 23.0 Å². The second-order valence-corrected chi connectivity index (χ2v) is 6.59. The number of amides is 1. The zero-order valence-corrected chi connectivity index (χ0v) is 15.8. The number of hydrogen-bond donors (Lipinski definition) is 1. The number of rotatable bonds is 5. The van der Waals surface area contributed by atoms with Crippen LogP contribution in [0.3, 0.4) is 0 Å². The van der Waals surface area contributed by atoms with Gasteiger partial charge in [-0.25, -0.2) is 10.4 Å². The van der Waals surface area contributed by atoms with E-state index >= 15 is 0 Å². The van der Waals surface area contributed by atoms with Crippen molar-refractivity contribution in [3.05, 3.63) is 77.9 Å². The third kappa shape index (κ3) is 4.29. The highest BCUT2D eigenvalue weighted by Gasteiger charge is 2.13. The summed E-state index contributed by atoms with van der Waals surface area (Å²) in [6.07, 6.45) is 5.15. The fraction of sp³-hybridized carbons (Fsp3) is 0.174. The van der Waals surface area contributed by atoms with Crippen LogP contribution < -0.4 is 5.43 Å². The molecule has 136 valence electrons. The van der Waals surface area contributed by atoms with Gasteiger partial charge in [0.2, 0.25) is 0 Å². The summed E-state index contributed by atoms with van der Waals surface area (Å²) in [6, 6.07) is 17.8. The van der Waals surface area contributed by atoms with E-state index in [0.29, 0.717) is 11.5 Å². The first-order chi connectivity index (χ1) is 13.1. The Morgan fingerprint density at radius 1 is 1.11 bits per heavy atom. The van der Waals surface area contributed by atoms with Gasteiger partial charge in [-0.1, -0.05) is 62.4 Å². The Labute approximate surface area is 159 Å². The Bertz CT molecular complexity index is 1000. The van der Waals surface area contributed by atoms with Crippen molar-refractivity contribution in [2.24, 2.45) is 5.10 Å². The van der Waals surface area contributed by atoms with Crippen LogP contribution in [-0.4, -0.2) is 17.1 Å². The molecule has 0 saturated heterocycles. The predicted molar refractivity (Wildman–Crippen MR) is 112 cm³/mol. The average molecular weight is 357 g/mol. The smallest absolute Gasteiger partial charge is 0.267 e. The molecule has 0 saturated carbocycles. The van der Waals surface area contributed by atoms with Crippen LogP contribution in [0.5, 0.6) is 0 Å². The fourth-order valence-electron chi connectivity index (χ4n) is 2.84. The SMILES string of the molecule is C/C=C/C=NNC(=O)c1cc(-c2ccc(C(C)C)cc2)nc2ccccc12. The second kappa shape index (κ2) is 8.41. The van der Waals surface area contributed by atoms with Crippen LogP contribution in [-0.2, 0) is 0 Å². The molecule has 0 spiro atoms. The predicted octanol–water partition coefficient (Wildman–Crippen LogP) is 5.32. The summed E-state index contributed by atoms with van der Waals surface area (Å²) in [7, 11) is 0. The molecule has 0 radical (unpaired) electrons. The molecule has 1 amide bonds. The first kappa shape index (κ1) is 18.5. The van der Waals surface area contributed by atoms with Crippen molar-refractivity contribution in [2.75, 3.05) is 0 Å². The maximum Gasteiger partial charge on any atom is 0.272 e. The Morgan fingerprint density at radius 2 is 1.85 bits per heavy atom. The lowest BCUT2D eigenvalue weighted by Crippen LogP contribution is -2.18. The van der Waals surface area contributed by atoms with Gasteiger partial charge in [-0.2, -0.15) is 5.10 Å². The summed E-state index contributed by atoms with van der Waals surface area (Å²) in [5, 5.41) is 4.75. The van der Waals surface area contributed by atoms with E-state index in [2.05, 4.69) is 48.6 Å². The summed E-state index contributed by atoms with van der Waals surface area (Å²) in [6.45, 7) is 6.22. The number of nitrogens with zero attached hydrogens (tertiary/aromatic N) is 2. The van der Waals surface area contributed by atoms with Crippen molar-refractivity contribution in [1.29, 1.82) is 0 Å². The number of nitrogens with one attached hydrogen (secondary N) is 1. The number of aromatic nitrogens is 1. The molecule has 0 fully saturated rings. The van der Waals surface area contributed by atoms with Gasteiger partial charge in [-0.05, 0) is 36.6 Å². The van der Waals surface area contributed by atoms with E-state index in [1.165, 1.54) is 5.56 Å². The van der Waals surface area contributed by atoms with Gasteiger partial charge in [0.15, 0.2) is 0 Å². The molecule has 0 aliphatic rings. The summed E-state index contributed by atoms with van der Waals surface area (Å²) in [5.74, 6) is 0.217. The molecule has 4 nitrogen and oxygen atoms in total. The zero-order chi connectivity index (χ0) is 19.2. The van der Waals surface area contributed by atoms with Crippen molar-refractivity contribution < 1.29 is 4.79 Å². The highest BCUT2D eigenvalue weighted by molar-refractivity contribution is 6.07. The highest BCUT2D eigenvalue weighted by Crippen LogP contribution is 2.26. The number of benzene rings is 2. The van der Waals surface area contributed by atoms with Gasteiger partial charge in [-0.3, -0.25) is 4.79 Å². The first-order valence-electron chi connectivity index (χ1n) is 9.05. The molecule has 2 aromatic carbocycles. The molecule has 3 aromatic rings. The van der Waals surface area contributed by atoms with Crippen LogP contribution in [0.4, 0.5) is 0 Å². The minimum atomic E-state index is -0.255. The summed E-state index contributed by atoms with van der Waals surface area (Å²) in [5.41, 5.74) is 6.95. The molecule has 4 heteroatoms. The maximum atomic E-state index is 12.7. The van der Waals surface area contributed by atoms with Crippen molar-refractivity contribution in [1.82, 2.24) is 10.4 Å². The minimum absolute atomic E-state index is 0.255. The molecular formula is C23H23N3O. The number of fused-ring (bicyclic) bond motifs is 1. The van der Waals surface area contributed by atoms with Crippen LogP contribution in [0.1, 0.15) is 42.6 Å². The van der Waals surface area contributed by atoms with E-state index in [4.69, 9.17) is 4.98 Å². The molecule has 0 aliphatic heterocycles. The largest absolute Gasteiger partial charge is 0.272 e. The normalized spacial score (nSPS) is 11.7. The number of carbonyl (C=O) groups is 1. The van der Waals surface area contributed by atoms with Gasteiger partial charge in [0, 0.05) is 17.2 Å². The van der Waals surface area contributed by atoms with Crippen LogP contribution >= 0.6 is 0 Å². The van der Waals surface area contributed by atoms with Crippen molar-refractivity contribution in [3.8, 4) is 11.3 Å². The van der Waals surface area contributed by atoms with E-state index in [1.54, 1.807) is 12.3 Å². The summed E-state index contributed by atoms with van der Waals surface area (Å²) < 4.78 is 0. The number of para-hydroxylation sites is 1. The molecule has 1 aromatic heterocycles. The number of allylic oxidation sites excluding steroid dienone is 2. The third-order valence-corrected chi connectivity index (χ3v) is 4.35. The van der Waals surface area contributed by atoms with E-state index in [0.717, 1.165) is 22.2 Å². The molecule has 0 atom stereocenters. The molecule has 1 heterocycles. The number of carbonyl (C=O) groups excluding carboxylic acids is 1. The summed E-state index contributed by atoms with van der Waals surface area (Å²) in [4.78, 5) is 17.4. The quantitative estimate of drug-likeness (QED) is 0.496. The van der Waals surface area contributed by atoms with E-state index in [1.807, 2.05) is 43.3 Å². The van der Waals surface area contributed by atoms with Crippen LogP contribution in [0.2, 0.25) is 0 Å². The molecular weight excluding hydrogens is 334 g/mol. The van der Waals surface area contributed by atoms with Gasteiger partial charge in [0.1, 0.15) is 0 Å². The third-order valence-electron chi connectivity index (χ3n) is 4.35. The van der Waals surface area contributed by atoms with Gasteiger partial charge in [-0.15, -0.1) is 0 Å². The highest BCUT2D eigenvalue weighted by atomic mass is 16.2. The number of hydrazone groups is 1. The second-order valence-electron chi connectivity index (χ2n) is 6.59. The van der Waals surface area contributed by atoms with Crippen LogP contribution in [0.15, 0.2) is 71.9 Å². The fourth-order valence-corrected chi connectivity index (χ4v) is 2.84. The van der Waals surface area contributed by atoms with Gasteiger partial charge >= 0.3 is 0 Å².